The summed E-state index contributed by atoms with van der Waals surface area (Å²) in [5.41, 5.74) is -0.269. The maximum absolute atomic E-state index is 8.98. The van der Waals surface area contributed by atoms with Crippen LogP contribution < -0.4 is 0 Å². The molecule has 0 spiro atoms. The summed E-state index contributed by atoms with van der Waals surface area (Å²) >= 11 is 0. The molecule has 0 saturated carbocycles. The lowest BCUT2D eigenvalue weighted by Gasteiger charge is -2.32. The van der Waals surface area contributed by atoms with Gasteiger partial charge in [-0.2, -0.15) is 0 Å². The van der Waals surface area contributed by atoms with Gasteiger partial charge in [0, 0.05) is 0 Å². The van der Waals surface area contributed by atoms with Crippen molar-refractivity contribution in [1.29, 1.82) is 0 Å². The molecule has 0 saturated heterocycles. The van der Waals surface area contributed by atoms with Crippen molar-refractivity contribution >= 4 is 0 Å². The van der Waals surface area contributed by atoms with E-state index in [-0.39, 0.29) is 12.2 Å². The SMILES string of the molecule is CC[C@]1(CO)CCC=CO1. The fourth-order valence-corrected chi connectivity index (χ4v) is 1.15. The van der Waals surface area contributed by atoms with Crippen LogP contribution in [0.5, 0.6) is 0 Å². The van der Waals surface area contributed by atoms with Gasteiger partial charge in [0.1, 0.15) is 5.60 Å². The molecule has 0 aromatic heterocycles. The van der Waals surface area contributed by atoms with E-state index in [9.17, 15) is 0 Å². The Hall–Kier alpha value is -0.500. The summed E-state index contributed by atoms with van der Waals surface area (Å²) in [6.07, 6.45) is 6.53. The summed E-state index contributed by atoms with van der Waals surface area (Å²) in [6, 6.07) is 0. The number of hydrogen-bond donors (Lipinski definition) is 1. The maximum atomic E-state index is 8.98. The maximum Gasteiger partial charge on any atom is 0.131 e. The quantitative estimate of drug-likeness (QED) is 0.632. The van der Waals surface area contributed by atoms with Gasteiger partial charge in [-0.3, -0.25) is 0 Å². The minimum atomic E-state index is -0.269. The Labute approximate surface area is 61.5 Å². The molecule has 2 heteroatoms. The first-order valence-electron chi connectivity index (χ1n) is 3.77. The molecule has 1 aliphatic heterocycles. The molecule has 58 valence electrons. The Bertz CT molecular complexity index is 125. The molecule has 0 aromatic carbocycles. The van der Waals surface area contributed by atoms with Crippen molar-refractivity contribution < 1.29 is 9.84 Å². The molecule has 0 unspecified atom stereocenters. The van der Waals surface area contributed by atoms with Crippen molar-refractivity contribution in [2.24, 2.45) is 0 Å². The first-order chi connectivity index (χ1) is 4.83. The monoisotopic (exact) mass is 142 g/mol. The van der Waals surface area contributed by atoms with E-state index in [2.05, 4.69) is 0 Å². The summed E-state index contributed by atoms with van der Waals surface area (Å²) < 4.78 is 5.33. The lowest BCUT2D eigenvalue weighted by Crippen LogP contribution is -2.35. The van der Waals surface area contributed by atoms with Gasteiger partial charge in [0.15, 0.2) is 0 Å². The third-order valence-corrected chi connectivity index (χ3v) is 2.11. The van der Waals surface area contributed by atoms with Crippen LogP contribution in [0.15, 0.2) is 12.3 Å². The van der Waals surface area contributed by atoms with Crippen LogP contribution >= 0.6 is 0 Å². The number of rotatable bonds is 2. The Morgan fingerprint density at radius 2 is 2.50 bits per heavy atom. The molecule has 0 radical (unpaired) electrons. The molecule has 1 N–H and O–H groups in total. The van der Waals surface area contributed by atoms with Crippen LogP contribution in [-0.4, -0.2) is 17.3 Å². The topological polar surface area (TPSA) is 29.5 Å². The highest BCUT2D eigenvalue weighted by atomic mass is 16.5. The Morgan fingerprint density at radius 3 is 2.80 bits per heavy atom. The largest absolute Gasteiger partial charge is 0.493 e. The number of hydrogen-bond acceptors (Lipinski definition) is 2. The number of allylic oxidation sites excluding steroid dienone is 1. The minimum absolute atomic E-state index is 0.133. The highest BCUT2D eigenvalue weighted by Gasteiger charge is 2.28. The van der Waals surface area contributed by atoms with Gasteiger partial charge in [0.05, 0.1) is 12.9 Å². The molecule has 1 heterocycles. The fraction of sp³-hybridized carbons (Fsp3) is 0.750. The van der Waals surface area contributed by atoms with Crippen LogP contribution in [0.1, 0.15) is 26.2 Å². The molecule has 0 aromatic rings. The highest BCUT2D eigenvalue weighted by Crippen LogP contribution is 2.25. The zero-order valence-corrected chi connectivity index (χ0v) is 6.34. The standard InChI is InChI=1S/C8H14O2/c1-2-8(7-9)5-3-4-6-10-8/h4,6,9H,2-3,5,7H2,1H3/t8-/m1/s1. The van der Waals surface area contributed by atoms with E-state index in [0.717, 1.165) is 19.3 Å². The van der Waals surface area contributed by atoms with E-state index in [0.29, 0.717) is 0 Å². The Morgan fingerprint density at radius 1 is 1.70 bits per heavy atom. The average Bonchev–Trinajstić information content (AvgIpc) is 2.06. The van der Waals surface area contributed by atoms with Crippen molar-refractivity contribution in [2.75, 3.05) is 6.61 Å². The van der Waals surface area contributed by atoms with E-state index in [1.165, 1.54) is 0 Å². The van der Waals surface area contributed by atoms with Crippen LogP contribution in [0.4, 0.5) is 0 Å². The fourth-order valence-electron chi connectivity index (χ4n) is 1.15. The van der Waals surface area contributed by atoms with Gasteiger partial charge in [0.25, 0.3) is 0 Å². The van der Waals surface area contributed by atoms with Gasteiger partial charge in [0.2, 0.25) is 0 Å². The molecule has 1 rings (SSSR count). The Kier molecular flexibility index (Phi) is 2.33. The second-order valence-corrected chi connectivity index (χ2v) is 2.72. The van der Waals surface area contributed by atoms with Crippen LogP contribution in [0.25, 0.3) is 0 Å². The van der Waals surface area contributed by atoms with E-state index in [1.54, 1.807) is 6.26 Å². The zero-order chi connectivity index (χ0) is 7.45. The minimum Gasteiger partial charge on any atom is -0.493 e. The summed E-state index contributed by atoms with van der Waals surface area (Å²) in [7, 11) is 0. The van der Waals surface area contributed by atoms with E-state index in [1.807, 2.05) is 13.0 Å². The predicted molar refractivity (Wildman–Crippen MR) is 39.6 cm³/mol. The normalized spacial score (nSPS) is 31.8. The lowest BCUT2D eigenvalue weighted by atomic mass is 9.94. The molecule has 1 aliphatic rings. The zero-order valence-electron chi connectivity index (χ0n) is 6.34. The third-order valence-electron chi connectivity index (χ3n) is 2.11. The lowest BCUT2D eigenvalue weighted by molar-refractivity contribution is -0.0431. The van der Waals surface area contributed by atoms with E-state index >= 15 is 0 Å². The molecule has 0 amide bonds. The molecule has 10 heavy (non-hydrogen) atoms. The summed E-state index contributed by atoms with van der Waals surface area (Å²) in [5.74, 6) is 0. The molecule has 1 atom stereocenters. The Balaban J connectivity index is 2.55. The molecule has 2 nitrogen and oxygen atoms in total. The van der Waals surface area contributed by atoms with Crippen LogP contribution in [-0.2, 0) is 4.74 Å². The first kappa shape index (κ1) is 7.61. The van der Waals surface area contributed by atoms with Crippen molar-refractivity contribution in [3.63, 3.8) is 0 Å². The summed E-state index contributed by atoms with van der Waals surface area (Å²) in [5, 5.41) is 8.98. The van der Waals surface area contributed by atoms with Gasteiger partial charge in [-0.05, 0) is 25.3 Å². The second kappa shape index (κ2) is 3.06. The van der Waals surface area contributed by atoms with Crippen LogP contribution in [0, 0.1) is 0 Å². The average molecular weight is 142 g/mol. The smallest absolute Gasteiger partial charge is 0.131 e. The highest BCUT2D eigenvalue weighted by molar-refractivity contribution is 4.91. The molecule has 0 aliphatic carbocycles. The van der Waals surface area contributed by atoms with Gasteiger partial charge >= 0.3 is 0 Å². The van der Waals surface area contributed by atoms with Crippen molar-refractivity contribution in [1.82, 2.24) is 0 Å². The van der Waals surface area contributed by atoms with Crippen LogP contribution in [0.2, 0.25) is 0 Å². The molecular formula is C8H14O2. The van der Waals surface area contributed by atoms with Gasteiger partial charge < -0.3 is 9.84 Å². The number of ether oxygens (including phenoxy) is 1. The van der Waals surface area contributed by atoms with E-state index in [4.69, 9.17) is 9.84 Å². The van der Waals surface area contributed by atoms with Gasteiger partial charge in [-0.25, -0.2) is 0 Å². The first-order valence-corrected chi connectivity index (χ1v) is 3.77. The van der Waals surface area contributed by atoms with Gasteiger partial charge in [-0.1, -0.05) is 6.92 Å². The van der Waals surface area contributed by atoms with Crippen molar-refractivity contribution in [3.05, 3.63) is 12.3 Å². The molecule has 0 fully saturated rings. The molecular weight excluding hydrogens is 128 g/mol. The summed E-state index contributed by atoms with van der Waals surface area (Å²) in [6.45, 7) is 2.17. The van der Waals surface area contributed by atoms with Crippen LogP contribution in [0.3, 0.4) is 0 Å². The van der Waals surface area contributed by atoms with Crippen molar-refractivity contribution in [2.45, 2.75) is 31.8 Å². The van der Waals surface area contributed by atoms with E-state index < -0.39 is 0 Å². The summed E-state index contributed by atoms with van der Waals surface area (Å²) in [4.78, 5) is 0. The van der Waals surface area contributed by atoms with Crippen molar-refractivity contribution in [3.8, 4) is 0 Å². The van der Waals surface area contributed by atoms with Gasteiger partial charge in [-0.15, -0.1) is 0 Å². The molecule has 0 bridgehead atoms. The number of aliphatic hydroxyl groups excluding tert-OH is 1. The number of aliphatic hydroxyl groups is 1. The predicted octanol–water partition coefficient (Wildman–Crippen LogP) is 1.45. The third kappa shape index (κ3) is 1.32. The second-order valence-electron chi connectivity index (χ2n) is 2.72.